The molecule has 0 amide bonds. The molecule has 0 spiro atoms. The minimum atomic E-state index is -2.08. The van der Waals surface area contributed by atoms with Gasteiger partial charge in [-0.3, -0.25) is 4.55 Å². The van der Waals surface area contributed by atoms with Crippen LogP contribution in [0.25, 0.3) is 0 Å². The number of rotatable bonds is 2. The molecule has 1 atom stereocenters. The van der Waals surface area contributed by atoms with E-state index in [0.717, 1.165) is 11.1 Å². The minimum absolute atomic E-state index is 0.336. The maximum absolute atomic E-state index is 11.0. The van der Waals surface area contributed by atoms with Crippen LogP contribution in [0.4, 0.5) is 0 Å². The molecule has 2 aromatic rings. The van der Waals surface area contributed by atoms with Gasteiger partial charge in [0.05, 0.1) is 6.04 Å². The number of hydrogen-bond acceptors (Lipinski definition) is 2. The molecular weight excluding hydrogens is 250 g/mol. The smallest absolute Gasteiger partial charge is 0.232 e. The molecule has 4 nitrogen and oxygen atoms in total. The predicted molar refractivity (Wildman–Crippen MR) is 68.7 cm³/mol. The van der Waals surface area contributed by atoms with Crippen LogP contribution in [0.2, 0.25) is 0 Å². The van der Waals surface area contributed by atoms with Crippen molar-refractivity contribution in [2.24, 2.45) is 0 Å². The summed E-state index contributed by atoms with van der Waals surface area (Å²) < 4.78 is 28.5. The quantitative estimate of drug-likeness (QED) is 0.817. The van der Waals surface area contributed by atoms with Gasteiger partial charge in [-0.1, -0.05) is 36.4 Å². The van der Waals surface area contributed by atoms with Crippen LogP contribution in [-0.2, 0) is 11.3 Å². The second kappa shape index (κ2) is 4.53. The van der Waals surface area contributed by atoms with Crippen LogP contribution in [0.15, 0.2) is 48.5 Å². The highest BCUT2D eigenvalue weighted by atomic mass is 32.2. The molecule has 18 heavy (non-hydrogen) atoms. The molecule has 1 heterocycles. The molecular formula is C13H11NO3S. The lowest BCUT2D eigenvalue weighted by Gasteiger charge is -2.27. The fourth-order valence-corrected chi connectivity index (χ4v) is 2.59. The Balaban J connectivity index is 2.14. The molecule has 1 aliphatic heterocycles. The first-order valence-electron chi connectivity index (χ1n) is 5.48. The molecule has 0 fully saturated rings. The molecule has 0 bridgehead atoms. The highest BCUT2D eigenvalue weighted by molar-refractivity contribution is 7.77. The van der Waals surface area contributed by atoms with Gasteiger partial charge in [-0.2, -0.15) is 0 Å². The Hall–Kier alpha value is -1.69. The predicted octanol–water partition coefficient (Wildman–Crippen LogP) is 2.61. The van der Waals surface area contributed by atoms with Crippen LogP contribution in [0.3, 0.4) is 0 Å². The molecule has 1 aliphatic rings. The van der Waals surface area contributed by atoms with E-state index in [2.05, 4.69) is 4.72 Å². The first-order valence-corrected chi connectivity index (χ1v) is 6.59. The molecule has 0 radical (unpaired) electrons. The Morgan fingerprint density at radius 3 is 2.00 bits per heavy atom. The van der Waals surface area contributed by atoms with Crippen molar-refractivity contribution in [1.82, 2.24) is 4.72 Å². The molecule has 0 aliphatic carbocycles. The average Bonchev–Trinajstić information content (AvgIpc) is 2.38. The van der Waals surface area contributed by atoms with Crippen molar-refractivity contribution >= 4 is 11.3 Å². The molecule has 5 heteroatoms. The zero-order valence-electron chi connectivity index (χ0n) is 9.37. The summed E-state index contributed by atoms with van der Waals surface area (Å²) in [5.41, 5.74) is 1.72. The normalized spacial score (nSPS) is 15.4. The monoisotopic (exact) mass is 261 g/mol. The highest BCUT2D eigenvalue weighted by Gasteiger charge is 2.27. The van der Waals surface area contributed by atoms with Crippen molar-refractivity contribution in [3.63, 3.8) is 0 Å². The van der Waals surface area contributed by atoms with E-state index < -0.39 is 11.3 Å². The Morgan fingerprint density at radius 2 is 1.50 bits per heavy atom. The fourth-order valence-electron chi connectivity index (χ4n) is 2.14. The SMILES string of the molecule is O=S(O)NC1c2ccccc2Oc2ccccc21. The molecule has 0 saturated heterocycles. The summed E-state index contributed by atoms with van der Waals surface area (Å²) in [5, 5.41) is 0. The van der Waals surface area contributed by atoms with Gasteiger partial charge in [0.1, 0.15) is 11.5 Å². The highest BCUT2D eigenvalue weighted by Crippen LogP contribution is 2.42. The van der Waals surface area contributed by atoms with Crippen LogP contribution in [-0.4, -0.2) is 8.76 Å². The summed E-state index contributed by atoms with van der Waals surface area (Å²) in [5.74, 6) is 1.42. The first-order chi connectivity index (χ1) is 8.75. The molecule has 1 unspecified atom stereocenters. The molecule has 0 aromatic heterocycles. The Labute approximate surface area is 107 Å². The number of fused-ring (bicyclic) bond motifs is 2. The zero-order chi connectivity index (χ0) is 12.5. The van der Waals surface area contributed by atoms with Crippen LogP contribution in [0.5, 0.6) is 11.5 Å². The molecule has 2 aromatic carbocycles. The fraction of sp³-hybridized carbons (Fsp3) is 0.0769. The van der Waals surface area contributed by atoms with Gasteiger partial charge in [-0.25, -0.2) is 8.93 Å². The lowest BCUT2D eigenvalue weighted by molar-refractivity contribution is 0.439. The lowest BCUT2D eigenvalue weighted by atomic mass is 9.95. The zero-order valence-corrected chi connectivity index (χ0v) is 10.2. The van der Waals surface area contributed by atoms with E-state index >= 15 is 0 Å². The van der Waals surface area contributed by atoms with E-state index in [-0.39, 0.29) is 6.04 Å². The number of hydrogen-bond donors (Lipinski definition) is 2. The molecule has 3 rings (SSSR count). The van der Waals surface area contributed by atoms with E-state index in [1.165, 1.54) is 0 Å². The maximum atomic E-state index is 11.0. The van der Waals surface area contributed by atoms with Crippen molar-refractivity contribution in [3.05, 3.63) is 59.7 Å². The van der Waals surface area contributed by atoms with E-state index in [1.807, 2.05) is 48.5 Å². The summed E-state index contributed by atoms with van der Waals surface area (Å²) >= 11 is -2.08. The summed E-state index contributed by atoms with van der Waals surface area (Å²) in [6.45, 7) is 0. The van der Waals surface area contributed by atoms with Gasteiger partial charge in [-0.05, 0) is 12.1 Å². The largest absolute Gasteiger partial charge is 0.457 e. The third-order valence-corrected chi connectivity index (χ3v) is 3.34. The second-order valence-corrected chi connectivity index (χ2v) is 4.71. The summed E-state index contributed by atoms with van der Waals surface area (Å²) in [7, 11) is 0. The average molecular weight is 261 g/mol. The van der Waals surface area contributed by atoms with E-state index in [4.69, 9.17) is 9.29 Å². The number of ether oxygens (including phenoxy) is 1. The van der Waals surface area contributed by atoms with Crippen LogP contribution in [0.1, 0.15) is 17.2 Å². The van der Waals surface area contributed by atoms with Crippen molar-refractivity contribution in [2.45, 2.75) is 6.04 Å². The van der Waals surface area contributed by atoms with Gasteiger partial charge >= 0.3 is 0 Å². The third kappa shape index (κ3) is 1.92. The van der Waals surface area contributed by atoms with Crippen LogP contribution in [0, 0.1) is 0 Å². The van der Waals surface area contributed by atoms with E-state index in [0.29, 0.717) is 11.5 Å². The van der Waals surface area contributed by atoms with Gasteiger partial charge in [-0.15, -0.1) is 0 Å². The van der Waals surface area contributed by atoms with Crippen molar-refractivity contribution in [1.29, 1.82) is 0 Å². The van der Waals surface area contributed by atoms with Gasteiger partial charge in [0.25, 0.3) is 0 Å². The number of benzene rings is 2. The van der Waals surface area contributed by atoms with Crippen molar-refractivity contribution in [3.8, 4) is 11.5 Å². The summed E-state index contributed by atoms with van der Waals surface area (Å²) in [4.78, 5) is 0. The molecule has 0 saturated carbocycles. The minimum Gasteiger partial charge on any atom is -0.457 e. The van der Waals surface area contributed by atoms with Gasteiger partial charge < -0.3 is 4.74 Å². The van der Waals surface area contributed by atoms with E-state index in [1.54, 1.807) is 0 Å². The first kappa shape index (κ1) is 11.4. The van der Waals surface area contributed by atoms with Crippen molar-refractivity contribution in [2.75, 3.05) is 0 Å². The van der Waals surface area contributed by atoms with Gasteiger partial charge in [0.15, 0.2) is 0 Å². The van der Waals surface area contributed by atoms with Gasteiger partial charge in [0, 0.05) is 11.1 Å². The molecule has 2 N–H and O–H groups in total. The topological polar surface area (TPSA) is 58.6 Å². The lowest BCUT2D eigenvalue weighted by Crippen LogP contribution is -2.26. The Bertz CT molecular complexity index is 569. The Morgan fingerprint density at radius 1 is 1.00 bits per heavy atom. The van der Waals surface area contributed by atoms with Crippen LogP contribution >= 0.6 is 0 Å². The number of para-hydroxylation sites is 2. The second-order valence-electron chi connectivity index (χ2n) is 3.98. The molecule has 92 valence electrons. The Kier molecular flexibility index (Phi) is 2.87. The maximum Gasteiger partial charge on any atom is 0.232 e. The summed E-state index contributed by atoms with van der Waals surface area (Å²) in [6, 6.07) is 14.6. The van der Waals surface area contributed by atoms with Gasteiger partial charge in [0.2, 0.25) is 11.3 Å². The van der Waals surface area contributed by atoms with Crippen LogP contribution < -0.4 is 9.46 Å². The summed E-state index contributed by atoms with van der Waals surface area (Å²) in [6.07, 6.45) is 0. The van der Waals surface area contributed by atoms with Crippen molar-refractivity contribution < 1.29 is 13.5 Å². The van der Waals surface area contributed by atoms with E-state index in [9.17, 15) is 4.21 Å². The standard InChI is InChI=1S/C13H11NO3S/c15-18(16)14-13-9-5-1-3-7-11(9)17-12-8-4-2-6-10(12)13/h1-8,13-14H,(H,15,16). The number of nitrogens with one attached hydrogen (secondary N) is 1. The third-order valence-electron chi connectivity index (χ3n) is 2.90.